The number of nitrogens with two attached hydrogens (primary N) is 1. The smallest absolute Gasteiger partial charge is 0.327 e. The third-order valence-electron chi connectivity index (χ3n) is 1.93. The summed E-state index contributed by atoms with van der Waals surface area (Å²) < 4.78 is 9.62. The van der Waals surface area contributed by atoms with Gasteiger partial charge in [-0.2, -0.15) is 0 Å². The maximum absolute atomic E-state index is 11.2. The van der Waals surface area contributed by atoms with Crippen molar-refractivity contribution in [1.82, 2.24) is 0 Å². The molecule has 1 aromatic rings. The molecular formula is C10H13NO3. The third kappa shape index (κ3) is 2.03. The van der Waals surface area contributed by atoms with E-state index in [1.54, 1.807) is 18.2 Å². The lowest BCUT2D eigenvalue weighted by Crippen LogP contribution is -2.23. The van der Waals surface area contributed by atoms with Crippen molar-refractivity contribution < 1.29 is 14.3 Å². The molecule has 0 amide bonds. The summed E-state index contributed by atoms with van der Waals surface area (Å²) >= 11 is 0. The molecule has 1 atom stereocenters. The standard InChI is InChI=1S/C10H13NO3/c1-13-8-6-4-3-5-7(8)9(11)10(12)14-2/h3-6,9H,11H2,1-2H3/t9-/m1/s1. The summed E-state index contributed by atoms with van der Waals surface area (Å²) in [4.78, 5) is 11.2. The van der Waals surface area contributed by atoms with Crippen LogP contribution >= 0.6 is 0 Å². The van der Waals surface area contributed by atoms with Crippen LogP contribution in [0.15, 0.2) is 24.3 Å². The normalized spacial score (nSPS) is 11.9. The highest BCUT2D eigenvalue weighted by Crippen LogP contribution is 2.23. The zero-order valence-electron chi connectivity index (χ0n) is 8.19. The zero-order chi connectivity index (χ0) is 10.6. The zero-order valence-corrected chi connectivity index (χ0v) is 8.19. The Morgan fingerprint density at radius 3 is 2.57 bits per heavy atom. The van der Waals surface area contributed by atoms with Gasteiger partial charge in [-0.15, -0.1) is 0 Å². The van der Waals surface area contributed by atoms with Gasteiger partial charge in [0.15, 0.2) is 0 Å². The number of carbonyl (C=O) groups is 1. The van der Waals surface area contributed by atoms with E-state index in [1.807, 2.05) is 6.07 Å². The number of hydrogen-bond donors (Lipinski definition) is 1. The van der Waals surface area contributed by atoms with E-state index in [2.05, 4.69) is 4.74 Å². The van der Waals surface area contributed by atoms with Gasteiger partial charge in [-0.1, -0.05) is 18.2 Å². The number of benzene rings is 1. The summed E-state index contributed by atoms with van der Waals surface area (Å²) in [5, 5.41) is 0. The maximum Gasteiger partial charge on any atom is 0.327 e. The summed E-state index contributed by atoms with van der Waals surface area (Å²) in [7, 11) is 2.83. The average Bonchev–Trinajstić information content (AvgIpc) is 2.26. The highest BCUT2D eigenvalue weighted by molar-refractivity contribution is 5.78. The van der Waals surface area contributed by atoms with Gasteiger partial charge in [0, 0.05) is 5.56 Å². The van der Waals surface area contributed by atoms with Crippen LogP contribution in [0, 0.1) is 0 Å². The Kier molecular flexibility index (Phi) is 3.48. The predicted octanol–water partition coefficient (Wildman–Crippen LogP) is 0.868. The first-order chi connectivity index (χ1) is 6.70. The number of para-hydroxylation sites is 1. The van der Waals surface area contributed by atoms with Crippen molar-refractivity contribution in [2.45, 2.75) is 6.04 Å². The Morgan fingerprint density at radius 2 is 2.00 bits per heavy atom. The molecule has 0 heterocycles. The SMILES string of the molecule is COC(=O)[C@H](N)c1ccccc1OC. The van der Waals surface area contributed by atoms with E-state index >= 15 is 0 Å². The number of carbonyl (C=O) groups excluding carboxylic acids is 1. The maximum atomic E-state index is 11.2. The molecule has 0 aromatic heterocycles. The van der Waals surface area contributed by atoms with Crippen molar-refractivity contribution in [2.75, 3.05) is 14.2 Å². The van der Waals surface area contributed by atoms with E-state index in [0.29, 0.717) is 11.3 Å². The average molecular weight is 195 g/mol. The van der Waals surface area contributed by atoms with Crippen LogP contribution < -0.4 is 10.5 Å². The van der Waals surface area contributed by atoms with Gasteiger partial charge in [-0.05, 0) is 6.07 Å². The summed E-state index contributed by atoms with van der Waals surface area (Å²) in [6.07, 6.45) is 0. The van der Waals surface area contributed by atoms with Crippen LogP contribution in [-0.4, -0.2) is 20.2 Å². The minimum Gasteiger partial charge on any atom is -0.496 e. The van der Waals surface area contributed by atoms with Crippen LogP contribution in [0.3, 0.4) is 0 Å². The highest BCUT2D eigenvalue weighted by atomic mass is 16.5. The van der Waals surface area contributed by atoms with E-state index in [-0.39, 0.29) is 0 Å². The predicted molar refractivity (Wildman–Crippen MR) is 51.9 cm³/mol. The molecular weight excluding hydrogens is 182 g/mol. The van der Waals surface area contributed by atoms with Gasteiger partial charge >= 0.3 is 5.97 Å². The van der Waals surface area contributed by atoms with E-state index in [9.17, 15) is 4.79 Å². The van der Waals surface area contributed by atoms with Crippen LogP contribution in [-0.2, 0) is 9.53 Å². The fourth-order valence-corrected chi connectivity index (χ4v) is 1.18. The lowest BCUT2D eigenvalue weighted by Gasteiger charge is -2.12. The number of rotatable bonds is 3. The Hall–Kier alpha value is -1.55. The second kappa shape index (κ2) is 4.62. The fourth-order valence-electron chi connectivity index (χ4n) is 1.18. The lowest BCUT2D eigenvalue weighted by atomic mass is 10.1. The number of hydrogen-bond acceptors (Lipinski definition) is 4. The molecule has 1 rings (SSSR count). The monoisotopic (exact) mass is 195 g/mol. The number of methoxy groups -OCH3 is 2. The molecule has 0 aliphatic rings. The van der Waals surface area contributed by atoms with Gasteiger partial charge in [0.25, 0.3) is 0 Å². The van der Waals surface area contributed by atoms with Gasteiger partial charge in [0.1, 0.15) is 11.8 Å². The molecule has 0 spiro atoms. The summed E-state index contributed by atoms with van der Waals surface area (Å²) in [5.41, 5.74) is 6.30. The molecule has 0 saturated heterocycles. The van der Waals surface area contributed by atoms with Crippen LogP contribution in [0.2, 0.25) is 0 Å². The molecule has 1 aromatic carbocycles. The molecule has 0 unspecified atom stereocenters. The number of esters is 1. The van der Waals surface area contributed by atoms with Crippen molar-refractivity contribution >= 4 is 5.97 Å². The van der Waals surface area contributed by atoms with Crippen molar-refractivity contribution in [3.63, 3.8) is 0 Å². The fraction of sp³-hybridized carbons (Fsp3) is 0.300. The molecule has 0 aliphatic carbocycles. The van der Waals surface area contributed by atoms with Gasteiger partial charge < -0.3 is 15.2 Å². The van der Waals surface area contributed by atoms with Crippen molar-refractivity contribution in [3.8, 4) is 5.75 Å². The van der Waals surface area contributed by atoms with Crippen LogP contribution in [0.1, 0.15) is 11.6 Å². The molecule has 4 heteroatoms. The minimum absolute atomic E-state index is 0.477. The van der Waals surface area contributed by atoms with Crippen molar-refractivity contribution in [3.05, 3.63) is 29.8 Å². The largest absolute Gasteiger partial charge is 0.496 e. The van der Waals surface area contributed by atoms with Crippen molar-refractivity contribution in [1.29, 1.82) is 0 Å². The Labute approximate surface area is 82.6 Å². The molecule has 0 fully saturated rings. The minimum atomic E-state index is -0.795. The molecule has 0 aliphatic heterocycles. The van der Waals surface area contributed by atoms with Crippen LogP contribution in [0.25, 0.3) is 0 Å². The molecule has 0 bridgehead atoms. The van der Waals surface area contributed by atoms with Crippen LogP contribution in [0.5, 0.6) is 5.75 Å². The Bertz CT molecular complexity index is 325. The quantitative estimate of drug-likeness (QED) is 0.727. The van der Waals surface area contributed by atoms with E-state index in [1.165, 1.54) is 14.2 Å². The van der Waals surface area contributed by atoms with Crippen molar-refractivity contribution in [2.24, 2.45) is 5.73 Å². The van der Waals surface area contributed by atoms with E-state index in [0.717, 1.165) is 0 Å². The van der Waals surface area contributed by atoms with Gasteiger partial charge in [-0.3, -0.25) is 4.79 Å². The summed E-state index contributed by atoms with van der Waals surface area (Å²) in [6, 6.07) is 6.29. The first-order valence-corrected chi connectivity index (χ1v) is 4.17. The number of ether oxygens (including phenoxy) is 2. The first kappa shape index (κ1) is 10.5. The first-order valence-electron chi connectivity index (χ1n) is 4.17. The Morgan fingerprint density at radius 1 is 1.36 bits per heavy atom. The van der Waals surface area contributed by atoms with E-state index < -0.39 is 12.0 Å². The topological polar surface area (TPSA) is 61.5 Å². The molecule has 0 radical (unpaired) electrons. The van der Waals surface area contributed by atoms with Gasteiger partial charge in [-0.25, -0.2) is 0 Å². The third-order valence-corrected chi connectivity index (χ3v) is 1.93. The highest BCUT2D eigenvalue weighted by Gasteiger charge is 2.19. The Balaban J connectivity index is 2.99. The molecule has 14 heavy (non-hydrogen) atoms. The molecule has 2 N–H and O–H groups in total. The molecule has 4 nitrogen and oxygen atoms in total. The van der Waals surface area contributed by atoms with Gasteiger partial charge in [0.05, 0.1) is 14.2 Å². The molecule has 76 valence electrons. The molecule has 0 saturated carbocycles. The summed E-state index contributed by atoms with van der Waals surface area (Å²) in [5.74, 6) is 0.111. The van der Waals surface area contributed by atoms with E-state index in [4.69, 9.17) is 10.5 Å². The van der Waals surface area contributed by atoms with Gasteiger partial charge in [0.2, 0.25) is 0 Å². The second-order valence-corrected chi connectivity index (χ2v) is 2.74. The lowest BCUT2D eigenvalue weighted by molar-refractivity contribution is -0.142. The summed E-state index contributed by atoms with van der Waals surface area (Å²) in [6.45, 7) is 0. The van der Waals surface area contributed by atoms with Crippen LogP contribution in [0.4, 0.5) is 0 Å². The second-order valence-electron chi connectivity index (χ2n) is 2.74.